The molecule has 5 aromatic rings. The van der Waals surface area contributed by atoms with Gasteiger partial charge in [-0.3, -0.25) is 39.3 Å². The van der Waals surface area contributed by atoms with Crippen molar-refractivity contribution in [3.63, 3.8) is 0 Å². The molecule has 5 atom stereocenters. The number of amides is 5. The highest BCUT2D eigenvalue weighted by atomic mass is 19.1. The molecule has 3 aromatic carbocycles. The number of halogens is 2. The summed E-state index contributed by atoms with van der Waals surface area (Å²) in [6, 6.07) is 9.49. The minimum Gasteiger partial charge on any atom is -0.508 e. The smallest absolute Gasteiger partial charge is 0.409 e. The number of aromatic nitrogens is 3. The zero-order chi connectivity index (χ0) is 52.6. The molecule has 7 aliphatic heterocycles. The number of imide groups is 2. The molecule has 392 valence electrons. The Balaban J connectivity index is 0.693. The first-order chi connectivity index (χ1) is 36.7. The van der Waals surface area contributed by atoms with E-state index in [2.05, 4.69) is 37.9 Å². The van der Waals surface area contributed by atoms with Gasteiger partial charge in [0.05, 0.1) is 34.2 Å². The van der Waals surface area contributed by atoms with Gasteiger partial charge in [0.25, 0.3) is 11.8 Å². The molecule has 2 aromatic heterocycles. The molecule has 5 amide bonds. The molecule has 0 spiro atoms. The lowest BCUT2D eigenvalue weighted by Crippen LogP contribution is -2.54. The molecule has 76 heavy (non-hydrogen) atoms. The Hall–Kier alpha value is -7.76. The molecule has 6 saturated heterocycles. The number of piperidine rings is 2. The maximum Gasteiger partial charge on any atom is 0.409 e. The van der Waals surface area contributed by atoms with Gasteiger partial charge in [-0.05, 0) is 99.4 Å². The lowest BCUT2D eigenvalue weighted by atomic mass is 9.94. The normalized spacial score (nSPS) is 24.6. The second kappa shape index (κ2) is 19.4. The number of terminal acetylenes is 1. The first-order valence-electron chi connectivity index (χ1n) is 26.0. The zero-order valence-corrected chi connectivity index (χ0v) is 41.6. The summed E-state index contributed by atoms with van der Waals surface area (Å²) in [6.45, 7) is 7.80. The van der Waals surface area contributed by atoms with E-state index in [4.69, 9.17) is 30.6 Å². The summed E-state index contributed by atoms with van der Waals surface area (Å²) in [7, 11) is 0. The van der Waals surface area contributed by atoms with E-state index in [0.717, 1.165) is 49.0 Å². The van der Waals surface area contributed by atoms with Crippen molar-refractivity contribution < 1.29 is 52.1 Å². The Labute approximate surface area is 435 Å². The van der Waals surface area contributed by atoms with Crippen LogP contribution >= 0.6 is 0 Å². The van der Waals surface area contributed by atoms with Gasteiger partial charge in [0.15, 0.2) is 5.82 Å². The standard InChI is InChI=1S/C56H55F2N9O9/c1-3-37-41(57)10-7-32-21-36(68)22-39(45(32)37)48-47(58)49-40(24-59-48)50(65-26-33-8-9-34(27-65)60-33)63-54(62-49)76-29-56-17-13-35(66(56)25-30(2)23-56)28-75-55(73)64-18-14-31(15-19-64)16-20-74-43-6-4-5-38-46(43)53(72)67(52(38)71)42-11-12-44(69)61-51(42)70/h1,4-7,10,21-22,24,31,33-35,42,60,68H,2,8-9,11-20,23,25-29H2,(H,61,69,70)/t33-,34+,35-,42?,56-/m0/s1. The first-order valence-corrected chi connectivity index (χ1v) is 26.0. The Morgan fingerprint density at radius 3 is 2.54 bits per heavy atom. The lowest BCUT2D eigenvalue weighted by Gasteiger charge is -2.35. The zero-order valence-electron chi connectivity index (χ0n) is 41.6. The summed E-state index contributed by atoms with van der Waals surface area (Å²) < 4.78 is 51.0. The fraction of sp³-hybridized carbons (Fsp3) is 0.429. The van der Waals surface area contributed by atoms with Gasteiger partial charge in [0.2, 0.25) is 11.8 Å². The van der Waals surface area contributed by atoms with Crippen LogP contribution in [0.2, 0.25) is 0 Å². The fourth-order valence-corrected chi connectivity index (χ4v) is 12.8. The number of nitrogens with one attached hydrogen (secondary N) is 2. The van der Waals surface area contributed by atoms with Gasteiger partial charge < -0.3 is 34.4 Å². The van der Waals surface area contributed by atoms with Crippen molar-refractivity contribution in [2.24, 2.45) is 5.92 Å². The predicted molar refractivity (Wildman–Crippen MR) is 273 cm³/mol. The van der Waals surface area contributed by atoms with Gasteiger partial charge >= 0.3 is 12.1 Å². The molecular formula is C56H55F2N9O9. The van der Waals surface area contributed by atoms with E-state index in [1.165, 1.54) is 36.5 Å². The van der Waals surface area contributed by atoms with E-state index in [1.54, 1.807) is 17.0 Å². The van der Waals surface area contributed by atoms with Crippen LogP contribution in [0.3, 0.4) is 0 Å². The number of hydrogen-bond acceptors (Lipinski definition) is 15. The second-order valence-electron chi connectivity index (χ2n) is 21.2. The van der Waals surface area contributed by atoms with Crippen LogP contribution in [0, 0.1) is 29.9 Å². The molecule has 1 unspecified atom stereocenters. The molecule has 20 heteroatoms. The highest BCUT2D eigenvalue weighted by Crippen LogP contribution is 2.45. The topological polar surface area (TPSA) is 209 Å². The van der Waals surface area contributed by atoms with Crippen LogP contribution in [-0.2, 0) is 14.3 Å². The third kappa shape index (κ3) is 8.68. The lowest BCUT2D eigenvalue weighted by molar-refractivity contribution is -0.136. The summed E-state index contributed by atoms with van der Waals surface area (Å²) in [5.41, 5.74) is 0.594. The molecule has 18 nitrogen and oxygen atoms in total. The van der Waals surface area contributed by atoms with E-state index in [-0.39, 0.29) is 113 Å². The molecule has 9 heterocycles. The molecule has 0 radical (unpaired) electrons. The number of pyridine rings is 1. The van der Waals surface area contributed by atoms with Crippen molar-refractivity contribution in [1.29, 1.82) is 0 Å². The number of rotatable bonds is 12. The van der Waals surface area contributed by atoms with Gasteiger partial charge in [-0.25, -0.2) is 13.6 Å². The number of carbonyl (C=O) groups excluding carboxylic acids is 5. The van der Waals surface area contributed by atoms with Gasteiger partial charge in [0, 0.05) is 74.4 Å². The Morgan fingerprint density at radius 1 is 0.961 bits per heavy atom. The summed E-state index contributed by atoms with van der Waals surface area (Å²) in [6.07, 6.45) is 13.2. The maximum absolute atomic E-state index is 17.3. The van der Waals surface area contributed by atoms with Crippen molar-refractivity contribution in [2.45, 2.75) is 93.9 Å². The molecule has 12 rings (SSSR count). The highest BCUT2D eigenvalue weighted by molar-refractivity contribution is 6.24. The molecule has 2 bridgehead atoms. The molecule has 3 N–H and O–H groups in total. The highest BCUT2D eigenvalue weighted by Gasteiger charge is 2.52. The first kappa shape index (κ1) is 49.1. The van der Waals surface area contributed by atoms with Crippen LogP contribution in [0.1, 0.15) is 90.5 Å². The quantitative estimate of drug-likeness (QED) is 0.0743. The Bertz CT molecular complexity index is 3330. The number of aromatic hydroxyl groups is 1. The Kier molecular flexibility index (Phi) is 12.6. The van der Waals surface area contributed by atoms with Gasteiger partial charge in [-0.1, -0.05) is 30.2 Å². The van der Waals surface area contributed by atoms with Crippen LogP contribution in [0.25, 0.3) is 32.9 Å². The number of nitrogens with zero attached hydrogens (tertiary/aromatic N) is 7. The molecular weight excluding hydrogens is 981 g/mol. The van der Waals surface area contributed by atoms with E-state index >= 15 is 8.78 Å². The number of hydrogen-bond donors (Lipinski definition) is 3. The average Bonchev–Trinajstić information content (AvgIpc) is 4.24. The monoisotopic (exact) mass is 1040 g/mol. The van der Waals surface area contributed by atoms with Gasteiger partial charge in [-0.15, -0.1) is 6.42 Å². The van der Waals surface area contributed by atoms with Crippen LogP contribution in [-0.4, -0.2) is 147 Å². The van der Waals surface area contributed by atoms with Crippen LogP contribution in [0.4, 0.5) is 19.4 Å². The number of benzene rings is 3. The predicted octanol–water partition coefficient (Wildman–Crippen LogP) is 6.01. The minimum atomic E-state index is -1.07. The SMILES string of the molecule is C#Cc1c(F)ccc2cc(O)cc(-c3ncc4c(N5C[C@H]6CC[C@@H](C5)N6)nc(OC[C@@]56CC[C@@H](COC(=O)N7CCC(CCOc8cccc9c8C(=O)N(C8CCC(=O)NC8=O)C9=O)CC7)N5CC(=C)C6)nc4c3F)c12. The molecule has 0 saturated carbocycles. The number of fused-ring (bicyclic) bond motifs is 6. The number of carbonyl (C=O) groups is 5. The maximum atomic E-state index is 17.3. The van der Waals surface area contributed by atoms with E-state index in [1.807, 2.05) is 0 Å². The minimum absolute atomic E-state index is 0.0224. The summed E-state index contributed by atoms with van der Waals surface area (Å²) in [5.74, 6) is -0.606. The number of likely N-dealkylation sites (tertiary alicyclic amines) is 1. The van der Waals surface area contributed by atoms with Gasteiger partial charge in [0.1, 0.15) is 53.6 Å². The van der Waals surface area contributed by atoms with E-state index in [0.29, 0.717) is 62.2 Å². The summed E-state index contributed by atoms with van der Waals surface area (Å²) in [4.78, 5) is 85.8. The van der Waals surface area contributed by atoms with Crippen LogP contribution in [0.15, 0.2) is 60.8 Å². The van der Waals surface area contributed by atoms with Gasteiger partial charge in [-0.2, -0.15) is 9.97 Å². The van der Waals surface area contributed by atoms with E-state index in [9.17, 15) is 29.1 Å². The van der Waals surface area contributed by atoms with Crippen molar-refractivity contribution in [2.75, 3.05) is 57.4 Å². The third-order valence-electron chi connectivity index (χ3n) is 16.5. The molecule has 0 aliphatic carbocycles. The van der Waals surface area contributed by atoms with E-state index < -0.39 is 52.9 Å². The summed E-state index contributed by atoms with van der Waals surface area (Å²) in [5, 5.41) is 17.6. The van der Waals surface area contributed by atoms with Crippen molar-refractivity contribution in [3.8, 4) is 41.1 Å². The van der Waals surface area contributed by atoms with Crippen LogP contribution < -0.4 is 25.0 Å². The molecule has 6 fully saturated rings. The summed E-state index contributed by atoms with van der Waals surface area (Å²) >= 11 is 0. The second-order valence-corrected chi connectivity index (χ2v) is 21.2. The van der Waals surface area contributed by atoms with Crippen molar-refractivity contribution >= 4 is 57.2 Å². The number of phenolic OH excluding ortho intramolecular Hbond substituents is 1. The van der Waals surface area contributed by atoms with Crippen LogP contribution in [0.5, 0.6) is 17.5 Å². The number of ether oxygens (including phenoxy) is 3. The van der Waals surface area contributed by atoms with Crippen molar-refractivity contribution in [1.82, 2.24) is 40.3 Å². The Morgan fingerprint density at radius 2 is 1.76 bits per heavy atom. The number of anilines is 1. The average molecular weight is 1040 g/mol. The number of phenols is 1. The molecule has 7 aliphatic rings. The largest absolute Gasteiger partial charge is 0.508 e. The number of piperazine rings is 1. The third-order valence-corrected chi connectivity index (χ3v) is 16.5. The van der Waals surface area contributed by atoms with Crippen molar-refractivity contribution in [3.05, 3.63) is 89.1 Å². The fourth-order valence-electron chi connectivity index (χ4n) is 12.8.